The zero-order valence-corrected chi connectivity index (χ0v) is 11.4. The largest absolute Gasteiger partial charge is 0.478 e. The monoisotopic (exact) mass is 326 g/mol. The fourth-order valence-corrected chi connectivity index (χ4v) is 2.32. The van der Waals surface area contributed by atoms with Gasteiger partial charge in [-0.25, -0.2) is 4.79 Å². The summed E-state index contributed by atoms with van der Waals surface area (Å²) in [6.45, 7) is 0. The molecule has 0 saturated carbocycles. The Morgan fingerprint density at radius 2 is 2.16 bits per heavy atom. The summed E-state index contributed by atoms with van der Waals surface area (Å²) in [6, 6.07) is 3.99. The Morgan fingerprint density at radius 1 is 1.42 bits per heavy atom. The smallest absolute Gasteiger partial charge is 0.337 e. The van der Waals surface area contributed by atoms with Crippen molar-refractivity contribution in [1.29, 1.82) is 0 Å². The number of nitrogens with one attached hydrogen (secondary N) is 2. The molecular weight excluding hydrogens is 316 g/mol. The van der Waals surface area contributed by atoms with Crippen molar-refractivity contribution in [3.8, 4) is 0 Å². The van der Waals surface area contributed by atoms with Crippen LogP contribution >= 0.6 is 15.9 Å². The number of aromatic carboxylic acids is 1. The van der Waals surface area contributed by atoms with Gasteiger partial charge in [-0.2, -0.15) is 0 Å². The van der Waals surface area contributed by atoms with Gasteiger partial charge < -0.3 is 15.7 Å². The maximum absolute atomic E-state index is 11.9. The summed E-state index contributed by atoms with van der Waals surface area (Å²) in [5.41, 5.74) is 0.188. The normalized spacial score (nSPS) is 17.9. The lowest BCUT2D eigenvalue weighted by Crippen LogP contribution is -2.37. The lowest BCUT2D eigenvalue weighted by atomic mass is 10.1. The van der Waals surface area contributed by atoms with Gasteiger partial charge in [0.1, 0.15) is 6.04 Å². The van der Waals surface area contributed by atoms with E-state index < -0.39 is 17.9 Å². The first-order valence-corrected chi connectivity index (χ1v) is 6.40. The number of halogens is 1. The fraction of sp³-hybridized carbons (Fsp3) is 0.250. The van der Waals surface area contributed by atoms with Gasteiger partial charge in [0.15, 0.2) is 0 Å². The van der Waals surface area contributed by atoms with Gasteiger partial charge in [-0.05, 0) is 34.5 Å². The van der Waals surface area contributed by atoms with Crippen LogP contribution < -0.4 is 10.6 Å². The molecule has 0 radical (unpaired) electrons. The van der Waals surface area contributed by atoms with Crippen LogP contribution in [-0.4, -0.2) is 28.9 Å². The topological polar surface area (TPSA) is 95.5 Å². The van der Waals surface area contributed by atoms with Crippen LogP contribution in [0.15, 0.2) is 22.7 Å². The minimum absolute atomic E-state index is 0.00736. The first-order chi connectivity index (χ1) is 8.99. The number of amides is 2. The van der Waals surface area contributed by atoms with E-state index in [2.05, 4.69) is 26.6 Å². The van der Waals surface area contributed by atoms with Crippen LogP contribution in [0, 0.1) is 0 Å². The van der Waals surface area contributed by atoms with Crippen LogP contribution in [0.5, 0.6) is 0 Å². The van der Waals surface area contributed by atoms with Crippen molar-refractivity contribution in [2.24, 2.45) is 0 Å². The summed E-state index contributed by atoms with van der Waals surface area (Å²) in [6.07, 6.45) is 0.720. The number of rotatable bonds is 3. The van der Waals surface area contributed by atoms with Gasteiger partial charge in [0.05, 0.1) is 11.3 Å². The molecule has 0 bridgehead atoms. The van der Waals surface area contributed by atoms with Crippen LogP contribution in [0.3, 0.4) is 0 Å². The number of hydrogen-bond acceptors (Lipinski definition) is 3. The lowest BCUT2D eigenvalue weighted by molar-refractivity contribution is -0.122. The first-order valence-electron chi connectivity index (χ1n) is 5.61. The fourth-order valence-electron chi connectivity index (χ4n) is 1.85. The number of carbonyl (C=O) groups excluding carboxylic acids is 2. The molecule has 19 heavy (non-hydrogen) atoms. The van der Waals surface area contributed by atoms with Crippen molar-refractivity contribution >= 4 is 39.4 Å². The Bertz CT molecular complexity index is 559. The summed E-state index contributed by atoms with van der Waals surface area (Å²) in [7, 11) is 0. The van der Waals surface area contributed by atoms with E-state index in [1.165, 1.54) is 6.07 Å². The van der Waals surface area contributed by atoms with Crippen molar-refractivity contribution in [1.82, 2.24) is 5.32 Å². The van der Waals surface area contributed by atoms with Gasteiger partial charge in [0.25, 0.3) is 0 Å². The minimum atomic E-state index is -1.13. The van der Waals surface area contributed by atoms with Gasteiger partial charge in [-0.3, -0.25) is 9.59 Å². The predicted octanol–water partition coefficient (Wildman–Crippen LogP) is 1.36. The summed E-state index contributed by atoms with van der Waals surface area (Å²) in [5.74, 6) is -1.72. The molecule has 1 heterocycles. The second-order valence-corrected chi connectivity index (χ2v) is 4.97. The Labute approximate surface area is 117 Å². The third-order valence-electron chi connectivity index (χ3n) is 2.80. The third kappa shape index (κ3) is 2.93. The summed E-state index contributed by atoms with van der Waals surface area (Å²) in [4.78, 5) is 34.1. The zero-order valence-electron chi connectivity index (χ0n) is 9.77. The number of hydrogen-bond donors (Lipinski definition) is 3. The summed E-state index contributed by atoms with van der Waals surface area (Å²) < 4.78 is 0.477. The van der Waals surface area contributed by atoms with Crippen molar-refractivity contribution in [2.45, 2.75) is 18.9 Å². The Morgan fingerprint density at radius 3 is 2.74 bits per heavy atom. The van der Waals surface area contributed by atoms with Crippen LogP contribution in [-0.2, 0) is 9.59 Å². The minimum Gasteiger partial charge on any atom is -0.478 e. The quantitative estimate of drug-likeness (QED) is 0.781. The standard InChI is InChI=1S/C12H11BrN2O4/c13-7-3-1-2-6(12(18)19)10(7)15-11(17)8-4-5-9(16)14-8/h1-3,8H,4-5H2,(H,14,16)(H,15,17)(H,18,19). The SMILES string of the molecule is O=C1CCC(C(=O)Nc2c(Br)cccc2C(=O)O)N1. The molecule has 1 aromatic rings. The average Bonchev–Trinajstić information content (AvgIpc) is 2.78. The Balaban J connectivity index is 2.21. The van der Waals surface area contributed by atoms with Crippen LogP contribution in [0.25, 0.3) is 0 Å². The maximum Gasteiger partial charge on any atom is 0.337 e. The van der Waals surface area contributed by atoms with Crippen molar-refractivity contribution in [3.63, 3.8) is 0 Å². The van der Waals surface area contributed by atoms with E-state index in [0.717, 1.165) is 0 Å². The van der Waals surface area contributed by atoms with Gasteiger partial charge in [-0.15, -0.1) is 0 Å². The molecule has 100 valence electrons. The molecule has 0 spiro atoms. The molecule has 1 aromatic carbocycles. The summed E-state index contributed by atoms with van der Waals surface area (Å²) in [5, 5.41) is 14.1. The molecule has 2 amide bonds. The maximum atomic E-state index is 11.9. The van der Waals surface area contributed by atoms with E-state index >= 15 is 0 Å². The van der Waals surface area contributed by atoms with E-state index in [1.807, 2.05) is 0 Å². The number of carbonyl (C=O) groups is 3. The molecule has 0 aliphatic carbocycles. The second kappa shape index (κ2) is 5.40. The van der Waals surface area contributed by atoms with E-state index in [4.69, 9.17) is 5.11 Å². The van der Waals surface area contributed by atoms with Gasteiger partial charge in [0.2, 0.25) is 11.8 Å². The number of carboxylic acids is 1. The van der Waals surface area contributed by atoms with Crippen molar-refractivity contribution in [3.05, 3.63) is 28.2 Å². The van der Waals surface area contributed by atoms with Gasteiger partial charge >= 0.3 is 5.97 Å². The van der Waals surface area contributed by atoms with Gasteiger partial charge in [-0.1, -0.05) is 6.07 Å². The molecule has 1 unspecified atom stereocenters. The Kier molecular flexibility index (Phi) is 3.84. The van der Waals surface area contributed by atoms with E-state index in [9.17, 15) is 14.4 Å². The zero-order chi connectivity index (χ0) is 14.0. The molecule has 6 nitrogen and oxygen atoms in total. The second-order valence-electron chi connectivity index (χ2n) is 4.12. The van der Waals surface area contributed by atoms with Crippen LogP contribution in [0.4, 0.5) is 5.69 Å². The van der Waals surface area contributed by atoms with Crippen LogP contribution in [0.1, 0.15) is 23.2 Å². The van der Waals surface area contributed by atoms with E-state index in [1.54, 1.807) is 12.1 Å². The number of para-hydroxylation sites is 1. The highest BCUT2D eigenvalue weighted by atomic mass is 79.9. The molecule has 0 aromatic heterocycles. The lowest BCUT2D eigenvalue weighted by Gasteiger charge is -2.14. The molecule has 7 heteroatoms. The van der Waals surface area contributed by atoms with Crippen LogP contribution in [0.2, 0.25) is 0 Å². The molecule has 1 aliphatic rings. The van der Waals surface area contributed by atoms with Crippen molar-refractivity contribution in [2.75, 3.05) is 5.32 Å². The highest BCUT2D eigenvalue weighted by Crippen LogP contribution is 2.27. The summed E-state index contributed by atoms with van der Waals surface area (Å²) >= 11 is 3.20. The molecule has 2 rings (SSSR count). The number of carboxylic acid groups (broad SMARTS) is 1. The predicted molar refractivity (Wildman–Crippen MR) is 70.9 cm³/mol. The highest BCUT2D eigenvalue weighted by Gasteiger charge is 2.28. The molecular formula is C12H11BrN2O4. The van der Waals surface area contributed by atoms with Gasteiger partial charge in [0, 0.05) is 10.9 Å². The molecule has 1 saturated heterocycles. The highest BCUT2D eigenvalue weighted by molar-refractivity contribution is 9.10. The van der Waals surface area contributed by atoms with E-state index in [-0.39, 0.29) is 17.2 Å². The number of anilines is 1. The number of benzene rings is 1. The van der Waals surface area contributed by atoms with Crippen molar-refractivity contribution < 1.29 is 19.5 Å². The molecule has 1 fully saturated rings. The van der Waals surface area contributed by atoms with E-state index in [0.29, 0.717) is 17.3 Å². The molecule has 1 atom stereocenters. The Hall–Kier alpha value is -1.89. The molecule has 3 N–H and O–H groups in total. The first kappa shape index (κ1) is 13.5. The third-order valence-corrected chi connectivity index (χ3v) is 3.46. The molecule has 1 aliphatic heterocycles. The average molecular weight is 327 g/mol.